The predicted octanol–water partition coefficient (Wildman–Crippen LogP) is 1.26. The smallest absolute Gasteiger partial charge is 0.0107 e. The van der Waals surface area contributed by atoms with Crippen LogP contribution in [-0.2, 0) is 0 Å². The van der Waals surface area contributed by atoms with Crippen molar-refractivity contribution in [2.45, 2.75) is 27.2 Å². The molecular formula is C14H29N3. The van der Waals surface area contributed by atoms with Gasteiger partial charge in [0.05, 0.1) is 0 Å². The van der Waals surface area contributed by atoms with Crippen molar-refractivity contribution in [1.82, 2.24) is 15.1 Å². The molecule has 2 fully saturated rings. The van der Waals surface area contributed by atoms with Crippen molar-refractivity contribution in [2.75, 3.05) is 52.4 Å². The molecule has 0 aliphatic carbocycles. The molecule has 0 bridgehead atoms. The second-order valence-corrected chi connectivity index (χ2v) is 7.00. The average Bonchev–Trinajstić information content (AvgIpc) is 2.64. The number of nitrogens with one attached hydrogen (secondary N) is 1. The Morgan fingerprint density at radius 3 is 2.41 bits per heavy atom. The first-order chi connectivity index (χ1) is 8.03. The third-order valence-corrected chi connectivity index (χ3v) is 3.79. The number of likely N-dealkylation sites (tertiary alicyclic amines) is 1. The van der Waals surface area contributed by atoms with E-state index in [1.807, 2.05) is 0 Å². The van der Waals surface area contributed by atoms with Gasteiger partial charge in [-0.05, 0) is 24.3 Å². The lowest BCUT2D eigenvalue weighted by Crippen LogP contribution is -2.45. The lowest BCUT2D eigenvalue weighted by molar-refractivity contribution is 0.188. The molecule has 1 N–H and O–H groups in total. The van der Waals surface area contributed by atoms with Crippen LogP contribution in [0.5, 0.6) is 0 Å². The molecule has 2 rings (SSSR count). The van der Waals surface area contributed by atoms with Gasteiger partial charge in [-0.2, -0.15) is 0 Å². The normalized spacial score (nSPS) is 28.8. The molecule has 0 aromatic carbocycles. The molecule has 0 amide bonds. The van der Waals surface area contributed by atoms with E-state index in [-0.39, 0.29) is 0 Å². The van der Waals surface area contributed by atoms with E-state index in [1.54, 1.807) is 0 Å². The molecule has 17 heavy (non-hydrogen) atoms. The summed E-state index contributed by atoms with van der Waals surface area (Å²) in [4.78, 5) is 5.30. The van der Waals surface area contributed by atoms with Gasteiger partial charge in [0.1, 0.15) is 0 Å². The van der Waals surface area contributed by atoms with Crippen molar-refractivity contribution < 1.29 is 0 Å². The standard InChI is InChI=1S/C14H29N3/c1-14(2,3)12-17-7-4-13(11-17)10-16-8-5-15-6-9-16/h13,15H,4-12H2,1-3H3/t13-/m0/s1. The quantitative estimate of drug-likeness (QED) is 0.800. The van der Waals surface area contributed by atoms with Crippen LogP contribution >= 0.6 is 0 Å². The molecule has 3 heteroatoms. The van der Waals surface area contributed by atoms with Crippen molar-refractivity contribution in [3.05, 3.63) is 0 Å². The largest absolute Gasteiger partial charge is 0.314 e. The first-order valence-electron chi connectivity index (χ1n) is 7.18. The maximum absolute atomic E-state index is 3.43. The molecule has 0 saturated carbocycles. The van der Waals surface area contributed by atoms with E-state index in [4.69, 9.17) is 0 Å². The van der Waals surface area contributed by atoms with Crippen LogP contribution in [0.25, 0.3) is 0 Å². The molecule has 0 aromatic rings. The summed E-state index contributed by atoms with van der Waals surface area (Å²) in [7, 11) is 0. The van der Waals surface area contributed by atoms with Gasteiger partial charge in [-0.15, -0.1) is 0 Å². The van der Waals surface area contributed by atoms with Crippen molar-refractivity contribution in [3.8, 4) is 0 Å². The Bertz CT molecular complexity index is 228. The molecule has 3 nitrogen and oxygen atoms in total. The maximum atomic E-state index is 3.43. The summed E-state index contributed by atoms with van der Waals surface area (Å²) in [6, 6.07) is 0. The first-order valence-corrected chi connectivity index (χ1v) is 7.18. The second kappa shape index (κ2) is 5.68. The van der Waals surface area contributed by atoms with Gasteiger partial charge in [-0.3, -0.25) is 0 Å². The molecule has 0 radical (unpaired) electrons. The minimum absolute atomic E-state index is 0.448. The SMILES string of the molecule is CC(C)(C)CN1CC[C@@H](CN2CCNCC2)C1. The molecule has 0 unspecified atom stereocenters. The van der Waals surface area contributed by atoms with Gasteiger partial charge >= 0.3 is 0 Å². The number of hydrogen-bond acceptors (Lipinski definition) is 3. The topological polar surface area (TPSA) is 18.5 Å². The molecule has 0 spiro atoms. The van der Waals surface area contributed by atoms with Crippen LogP contribution in [0.2, 0.25) is 0 Å². The molecule has 1 atom stereocenters. The number of hydrogen-bond donors (Lipinski definition) is 1. The second-order valence-electron chi connectivity index (χ2n) is 7.00. The highest BCUT2D eigenvalue weighted by atomic mass is 15.2. The highest BCUT2D eigenvalue weighted by Gasteiger charge is 2.27. The molecule has 0 aromatic heterocycles. The summed E-state index contributed by atoms with van der Waals surface area (Å²) in [6.07, 6.45) is 1.40. The highest BCUT2D eigenvalue weighted by molar-refractivity contribution is 4.82. The van der Waals surface area contributed by atoms with Gasteiger partial charge in [0.2, 0.25) is 0 Å². The van der Waals surface area contributed by atoms with Crippen molar-refractivity contribution >= 4 is 0 Å². The Balaban J connectivity index is 1.70. The van der Waals surface area contributed by atoms with Crippen LogP contribution in [0.3, 0.4) is 0 Å². The zero-order valence-corrected chi connectivity index (χ0v) is 11.8. The Labute approximate surface area is 107 Å². The third kappa shape index (κ3) is 4.57. The van der Waals surface area contributed by atoms with Crippen LogP contribution in [0.15, 0.2) is 0 Å². The van der Waals surface area contributed by atoms with Gasteiger partial charge in [0.15, 0.2) is 0 Å². The molecular weight excluding hydrogens is 210 g/mol. The van der Waals surface area contributed by atoms with Crippen LogP contribution < -0.4 is 5.32 Å². The Morgan fingerprint density at radius 1 is 1.06 bits per heavy atom. The van der Waals surface area contributed by atoms with Crippen LogP contribution in [0.4, 0.5) is 0 Å². The zero-order valence-electron chi connectivity index (χ0n) is 11.8. The number of rotatable bonds is 3. The Morgan fingerprint density at radius 2 is 1.76 bits per heavy atom. The van der Waals surface area contributed by atoms with E-state index in [1.165, 1.54) is 58.8 Å². The molecule has 2 saturated heterocycles. The van der Waals surface area contributed by atoms with E-state index in [0.717, 1.165) is 5.92 Å². The summed E-state index contributed by atoms with van der Waals surface area (Å²) in [6.45, 7) is 17.1. The number of piperazine rings is 1. The zero-order chi connectivity index (χ0) is 12.3. The maximum Gasteiger partial charge on any atom is 0.0107 e. The minimum atomic E-state index is 0.448. The third-order valence-electron chi connectivity index (χ3n) is 3.79. The Hall–Kier alpha value is -0.120. The average molecular weight is 239 g/mol. The van der Waals surface area contributed by atoms with Crippen molar-refractivity contribution in [2.24, 2.45) is 11.3 Å². The molecule has 2 aliphatic rings. The van der Waals surface area contributed by atoms with Crippen LogP contribution in [0, 0.1) is 11.3 Å². The summed E-state index contributed by atoms with van der Waals surface area (Å²) >= 11 is 0. The van der Waals surface area contributed by atoms with E-state index >= 15 is 0 Å². The fourth-order valence-corrected chi connectivity index (χ4v) is 3.14. The monoisotopic (exact) mass is 239 g/mol. The Kier molecular flexibility index (Phi) is 4.45. The van der Waals surface area contributed by atoms with Crippen LogP contribution in [0.1, 0.15) is 27.2 Å². The van der Waals surface area contributed by atoms with Gasteiger partial charge < -0.3 is 15.1 Å². The van der Waals surface area contributed by atoms with Gasteiger partial charge in [-0.25, -0.2) is 0 Å². The van der Waals surface area contributed by atoms with Crippen molar-refractivity contribution in [3.63, 3.8) is 0 Å². The fourth-order valence-electron chi connectivity index (χ4n) is 3.14. The minimum Gasteiger partial charge on any atom is -0.314 e. The predicted molar refractivity (Wildman–Crippen MR) is 73.3 cm³/mol. The fraction of sp³-hybridized carbons (Fsp3) is 1.00. The molecule has 100 valence electrons. The summed E-state index contributed by atoms with van der Waals surface area (Å²) < 4.78 is 0. The summed E-state index contributed by atoms with van der Waals surface area (Å²) in [5.74, 6) is 0.912. The highest BCUT2D eigenvalue weighted by Crippen LogP contribution is 2.23. The molecule has 2 aliphatic heterocycles. The summed E-state index contributed by atoms with van der Waals surface area (Å²) in [5.41, 5.74) is 0.448. The molecule has 2 heterocycles. The van der Waals surface area contributed by atoms with E-state index in [2.05, 4.69) is 35.9 Å². The van der Waals surface area contributed by atoms with E-state index in [0.29, 0.717) is 5.41 Å². The first kappa shape index (κ1) is 13.3. The number of nitrogens with zero attached hydrogens (tertiary/aromatic N) is 2. The van der Waals surface area contributed by atoms with E-state index < -0.39 is 0 Å². The van der Waals surface area contributed by atoms with Gasteiger partial charge in [-0.1, -0.05) is 20.8 Å². The lowest BCUT2D eigenvalue weighted by atomic mass is 9.96. The summed E-state index contributed by atoms with van der Waals surface area (Å²) in [5, 5.41) is 3.43. The van der Waals surface area contributed by atoms with Crippen molar-refractivity contribution in [1.29, 1.82) is 0 Å². The van der Waals surface area contributed by atoms with Crippen LogP contribution in [-0.4, -0.2) is 62.2 Å². The lowest BCUT2D eigenvalue weighted by Gasteiger charge is -2.30. The van der Waals surface area contributed by atoms with Gasteiger partial charge in [0.25, 0.3) is 0 Å². The van der Waals surface area contributed by atoms with Gasteiger partial charge in [0, 0.05) is 45.8 Å². The van der Waals surface area contributed by atoms with E-state index in [9.17, 15) is 0 Å².